The number of aliphatic hydroxyl groups is 1. The number of hydrogen-bond acceptors (Lipinski definition) is 4. The van der Waals surface area contributed by atoms with E-state index >= 15 is 0 Å². The summed E-state index contributed by atoms with van der Waals surface area (Å²) in [6, 6.07) is 5.55. The van der Waals surface area contributed by atoms with Crippen LogP contribution in [0.5, 0.6) is 0 Å². The molecule has 0 bridgehead atoms. The van der Waals surface area contributed by atoms with Gasteiger partial charge in [0, 0.05) is 18.8 Å². The second-order valence-electron chi connectivity index (χ2n) is 4.80. The van der Waals surface area contributed by atoms with E-state index in [0.717, 1.165) is 5.69 Å². The third-order valence-electron chi connectivity index (χ3n) is 3.27. The van der Waals surface area contributed by atoms with Crippen molar-refractivity contribution in [3.05, 3.63) is 28.7 Å². The number of fused-ring (bicyclic) bond motifs is 1. The molecule has 2 aromatic rings. The molecule has 5 nitrogen and oxygen atoms in total. The van der Waals surface area contributed by atoms with Crippen molar-refractivity contribution in [1.29, 1.82) is 0 Å². The normalized spacial score (nSPS) is 13.2. The molecule has 5 heteroatoms. The highest BCUT2D eigenvalue weighted by atomic mass is 16.4. The van der Waals surface area contributed by atoms with Crippen molar-refractivity contribution in [2.75, 3.05) is 18.6 Å². The summed E-state index contributed by atoms with van der Waals surface area (Å²) in [7, 11) is 1.92. The Labute approximate surface area is 105 Å². The molecule has 18 heavy (non-hydrogen) atoms. The van der Waals surface area contributed by atoms with Gasteiger partial charge in [-0.2, -0.15) is 0 Å². The van der Waals surface area contributed by atoms with E-state index in [2.05, 4.69) is 18.8 Å². The van der Waals surface area contributed by atoms with Gasteiger partial charge in [-0.15, -0.1) is 0 Å². The Hall–Kier alpha value is -1.75. The highest BCUT2D eigenvalue weighted by molar-refractivity contribution is 5.77. The first kappa shape index (κ1) is 12.7. The third kappa shape index (κ3) is 2.26. The van der Waals surface area contributed by atoms with Gasteiger partial charge in [0.05, 0.1) is 18.2 Å². The summed E-state index contributed by atoms with van der Waals surface area (Å²) in [6.45, 7) is 4.21. The second kappa shape index (κ2) is 4.86. The van der Waals surface area contributed by atoms with Gasteiger partial charge in [0.25, 0.3) is 0 Å². The van der Waals surface area contributed by atoms with Gasteiger partial charge in [0.15, 0.2) is 5.58 Å². The molecule has 0 radical (unpaired) electrons. The number of rotatable bonds is 4. The zero-order valence-electron chi connectivity index (χ0n) is 10.8. The predicted octanol–water partition coefficient (Wildman–Crippen LogP) is 1.57. The number of anilines is 1. The Balaban J connectivity index is 2.37. The van der Waals surface area contributed by atoms with E-state index < -0.39 is 5.76 Å². The van der Waals surface area contributed by atoms with E-state index in [1.165, 1.54) is 0 Å². The highest BCUT2D eigenvalue weighted by Crippen LogP contribution is 2.23. The fraction of sp³-hybridized carbons (Fsp3) is 0.462. The summed E-state index contributed by atoms with van der Waals surface area (Å²) >= 11 is 0. The summed E-state index contributed by atoms with van der Waals surface area (Å²) < 4.78 is 5.03. The molecule has 0 saturated heterocycles. The molecular formula is C13H18N2O3. The molecule has 1 aromatic carbocycles. The highest BCUT2D eigenvalue weighted by Gasteiger charge is 2.18. The summed E-state index contributed by atoms with van der Waals surface area (Å²) in [5.41, 5.74) is 2.13. The average molecular weight is 250 g/mol. The van der Waals surface area contributed by atoms with Crippen LogP contribution in [-0.4, -0.2) is 29.8 Å². The van der Waals surface area contributed by atoms with Crippen molar-refractivity contribution in [3.63, 3.8) is 0 Å². The van der Waals surface area contributed by atoms with Crippen LogP contribution in [-0.2, 0) is 0 Å². The number of benzene rings is 1. The van der Waals surface area contributed by atoms with Crippen LogP contribution in [0.15, 0.2) is 27.4 Å². The molecule has 1 unspecified atom stereocenters. The quantitative estimate of drug-likeness (QED) is 0.864. The van der Waals surface area contributed by atoms with Crippen LogP contribution in [0.25, 0.3) is 11.1 Å². The van der Waals surface area contributed by atoms with E-state index in [4.69, 9.17) is 4.42 Å². The molecule has 2 N–H and O–H groups in total. The van der Waals surface area contributed by atoms with Crippen molar-refractivity contribution < 1.29 is 9.52 Å². The van der Waals surface area contributed by atoms with Gasteiger partial charge in [0.2, 0.25) is 0 Å². The molecule has 0 amide bonds. The van der Waals surface area contributed by atoms with E-state index in [-0.39, 0.29) is 12.6 Å². The zero-order chi connectivity index (χ0) is 13.3. The van der Waals surface area contributed by atoms with E-state index in [9.17, 15) is 9.90 Å². The fourth-order valence-electron chi connectivity index (χ4n) is 2.13. The first-order chi connectivity index (χ1) is 8.52. The lowest BCUT2D eigenvalue weighted by Gasteiger charge is -2.31. The number of H-pyrrole nitrogens is 1. The van der Waals surface area contributed by atoms with E-state index in [1.54, 1.807) is 12.1 Å². The van der Waals surface area contributed by atoms with Crippen molar-refractivity contribution in [3.8, 4) is 0 Å². The second-order valence-corrected chi connectivity index (χ2v) is 4.80. The zero-order valence-corrected chi connectivity index (χ0v) is 10.8. The van der Waals surface area contributed by atoms with Crippen LogP contribution in [0.4, 0.5) is 5.69 Å². The number of nitrogens with one attached hydrogen (secondary N) is 1. The molecule has 1 atom stereocenters. The van der Waals surface area contributed by atoms with Crippen molar-refractivity contribution in [1.82, 2.24) is 4.98 Å². The predicted molar refractivity (Wildman–Crippen MR) is 70.9 cm³/mol. The summed E-state index contributed by atoms with van der Waals surface area (Å²) in [5, 5.41) is 9.42. The maximum atomic E-state index is 11.1. The minimum absolute atomic E-state index is 0.0353. The average Bonchev–Trinajstić information content (AvgIpc) is 2.68. The molecule has 98 valence electrons. The van der Waals surface area contributed by atoms with Crippen LogP contribution < -0.4 is 10.7 Å². The van der Waals surface area contributed by atoms with Crippen molar-refractivity contribution in [2.45, 2.75) is 19.9 Å². The van der Waals surface area contributed by atoms with Gasteiger partial charge < -0.3 is 14.4 Å². The summed E-state index contributed by atoms with van der Waals surface area (Å²) in [6.07, 6.45) is 0. The molecule has 1 aromatic heterocycles. The first-order valence-corrected chi connectivity index (χ1v) is 5.99. The SMILES string of the molecule is CC(C)C(CO)N(C)c1ccc2[nH]c(=O)oc2c1. The first-order valence-electron chi connectivity index (χ1n) is 5.99. The van der Waals surface area contributed by atoms with Gasteiger partial charge in [-0.1, -0.05) is 13.8 Å². The molecular weight excluding hydrogens is 232 g/mol. The topological polar surface area (TPSA) is 69.5 Å². The molecule has 1 heterocycles. The lowest BCUT2D eigenvalue weighted by atomic mass is 10.0. The van der Waals surface area contributed by atoms with Gasteiger partial charge in [-0.25, -0.2) is 4.79 Å². The van der Waals surface area contributed by atoms with Crippen molar-refractivity contribution in [2.24, 2.45) is 5.92 Å². The maximum Gasteiger partial charge on any atom is 0.417 e. The van der Waals surface area contributed by atoms with Gasteiger partial charge >= 0.3 is 5.76 Å². The van der Waals surface area contributed by atoms with Gasteiger partial charge in [-0.05, 0) is 18.1 Å². The largest absolute Gasteiger partial charge is 0.417 e. The van der Waals surface area contributed by atoms with Crippen LogP contribution in [0.1, 0.15) is 13.8 Å². The maximum absolute atomic E-state index is 11.1. The Morgan fingerprint density at radius 1 is 1.44 bits per heavy atom. The summed E-state index contributed by atoms with van der Waals surface area (Å²) in [5.74, 6) is -0.124. The van der Waals surface area contributed by atoms with Crippen molar-refractivity contribution >= 4 is 16.8 Å². The summed E-state index contributed by atoms with van der Waals surface area (Å²) in [4.78, 5) is 15.7. The molecule has 0 aliphatic rings. The number of aromatic amines is 1. The Morgan fingerprint density at radius 2 is 2.17 bits per heavy atom. The number of aliphatic hydroxyl groups excluding tert-OH is 1. The van der Waals surface area contributed by atoms with Crippen LogP contribution >= 0.6 is 0 Å². The number of oxazole rings is 1. The lowest BCUT2D eigenvalue weighted by Crippen LogP contribution is -2.38. The van der Waals surface area contributed by atoms with Crippen LogP contribution in [0.2, 0.25) is 0 Å². The minimum atomic E-state index is -0.452. The molecule has 0 fully saturated rings. The molecule has 0 spiro atoms. The lowest BCUT2D eigenvalue weighted by molar-refractivity contribution is 0.234. The third-order valence-corrected chi connectivity index (χ3v) is 3.27. The van der Waals surface area contributed by atoms with E-state index in [1.807, 2.05) is 18.0 Å². The molecule has 0 aliphatic carbocycles. The number of nitrogens with zero attached hydrogens (tertiary/aromatic N) is 1. The number of likely N-dealkylation sites (N-methyl/N-ethyl adjacent to an activating group) is 1. The Kier molecular flexibility index (Phi) is 3.43. The van der Waals surface area contributed by atoms with Crippen LogP contribution in [0, 0.1) is 5.92 Å². The smallest absolute Gasteiger partial charge is 0.408 e. The molecule has 2 rings (SSSR count). The van der Waals surface area contributed by atoms with Crippen LogP contribution in [0.3, 0.4) is 0 Å². The van der Waals surface area contributed by atoms with E-state index in [0.29, 0.717) is 17.0 Å². The number of aromatic nitrogens is 1. The fourth-order valence-corrected chi connectivity index (χ4v) is 2.13. The molecule has 0 aliphatic heterocycles. The Bertz CT molecular complexity index is 585. The number of hydrogen-bond donors (Lipinski definition) is 2. The van der Waals surface area contributed by atoms with Gasteiger partial charge in [-0.3, -0.25) is 4.98 Å². The Morgan fingerprint density at radius 3 is 2.78 bits per heavy atom. The van der Waals surface area contributed by atoms with Gasteiger partial charge in [0.1, 0.15) is 0 Å². The monoisotopic (exact) mass is 250 g/mol. The minimum Gasteiger partial charge on any atom is -0.408 e. The molecule has 0 saturated carbocycles. The standard InChI is InChI=1S/C13H18N2O3/c1-8(2)11(7-16)15(3)9-4-5-10-12(6-9)18-13(17)14-10/h4-6,8,11,16H,7H2,1-3H3,(H,14,17).